The number of halogens is 1. The van der Waals surface area contributed by atoms with E-state index in [0.717, 1.165) is 32.2 Å². The summed E-state index contributed by atoms with van der Waals surface area (Å²) in [6, 6.07) is 5.92. The number of hydrogen-bond acceptors (Lipinski definition) is 3. The fourth-order valence-corrected chi connectivity index (χ4v) is 3.09. The number of nitrogens with two attached hydrogens (primary N) is 1. The molecule has 1 aromatic carbocycles. The van der Waals surface area contributed by atoms with E-state index in [9.17, 15) is 0 Å². The maximum atomic E-state index is 6.25. The average Bonchev–Trinajstić information content (AvgIpc) is 2.56. The van der Waals surface area contributed by atoms with Gasteiger partial charge >= 0.3 is 0 Å². The van der Waals surface area contributed by atoms with Gasteiger partial charge < -0.3 is 10.5 Å². The van der Waals surface area contributed by atoms with Crippen molar-refractivity contribution >= 4 is 33.0 Å². The van der Waals surface area contributed by atoms with Gasteiger partial charge in [0.1, 0.15) is 5.75 Å². The minimum absolute atomic E-state index is 0.629. The Hall–Kier alpha value is -0.770. The third-order valence-corrected chi connectivity index (χ3v) is 4.03. The van der Waals surface area contributed by atoms with Crippen LogP contribution in [0.15, 0.2) is 18.2 Å². The number of methoxy groups -OCH3 is 1. The van der Waals surface area contributed by atoms with Crippen molar-refractivity contribution in [1.82, 2.24) is 0 Å². The molecule has 0 unspecified atom stereocenters. The second-order valence-electron chi connectivity index (χ2n) is 3.24. The van der Waals surface area contributed by atoms with Gasteiger partial charge in [0.15, 0.2) is 0 Å². The van der Waals surface area contributed by atoms with Crippen molar-refractivity contribution in [2.75, 3.05) is 13.7 Å². The van der Waals surface area contributed by atoms with Crippen LogP contribution in [0, 0.1) is 0 Å². The third kappa shape index (κ3) is 1.95. The molecule has 80 valence electrons. The molecule has 2 nitrogen and oxygen atoms in total. The Labute approximate surface area is 97.6 Å². The highest BCUT2D eigenvalue weighted by atomic mass is 35.5. The molecule has 0 aliphatic heterocycles. The Morgan fingerprint density at radius 3 is 2.93 bits per heavy atom. The van der Waals surface area contributed by atoms with E-state index in [0.29, 0.717) is 6.54 Å². The van der Waals surface area contributed by atoms with E-state index in [1.54, 1.807) is 18.4 Å². The van der Waals surface area contributed by atoms with Crippen molar-refractivity contribution in [1.29, 1.82) is 0 Å². The number of rotatable bonds is 3. The standard InChI is InChI=1S/C11H12ClNOS/c1-14-7-2-3-8-10(6-7)15-9(4-5-13)11(8)12/h2-3,6H,4-5,13H2,1H3. The molecule has 1 heterocycles. The summed E-state index contributed by atoms with van der Waals surface area (Å²) < 4.78 is 6.33. The Kier molecular flexibility index (Phi) is 3.14. The van der Waals surface area contributed by atoms with Gasteiger partial charge in [-0.1, -0.05) is 11.6 Å². The van der Waals surface area contributed by atoms with Crippen molar-refractivity contribution < 1.29 is 4.74 Å². The van der Waals surface area contributed by atoms with E-state index < -0.39 is 0 Å². The third-order valence-electron chi connectivity index (χ3n) is 2.27. The van der Waals surface area contributed by atoms with E-state index in [-0.39, 0.29) is 0 Å². The molecule has 0 amide bonds. The highest BCUT2D eigenvalue weighted by Gasteiger charge is 2.09. The minimum Gasteiger partial charge on any atom is -0.497 e. The van der Waals surface area contributed by atoms with Gasteiger partial charge in [-0.2, -0.15) is 0 Å². The average molecular weight is 242 g/mol. The second-order valence-corrected chi connectivity index (χ2v) is 4.75. The van der Waals surface area contributed by atoms with Crippen LogP contribution in [0.25, 0.3) is 10.1 Å². The molecule has 0 saturated heterocycles. The maximum Gasteiger partial charge on any atom is 0.120 e. The lowest BCUT2D eigenvalue weighted by molar-refractivity contribution is 0.415. The molecule has 0 saturated carbocycles. The molecule has 0 aliphatic rings. The topological polar surface area (TPSA) is 35.2 Å². The molecule has 2 rings (SSSR count). The second kappa shape index (κ2) is 4.39. The molecular formula is C11H12ClNOS. The van der Waals surface area contributed by atoms with Gasteiger partial charge in [0.05, 0.1) is 12.1 Å². The summed E-state index contributed by atoms with van der Waals surface area (Å²) >= 11 is 7.93. The molecule has 4 heteroatoms. The fraction of sp³-hybridized carbons (Fsp3) is 0.273. The summed E-state index contributed by atoms with van der Waals surface area (Å²) in [6.45, 7) is 0.629. The quantitative estimate of drug-likeness (QED) is 0.897. The number of fused-ring (bicyclic) bond motifs is 1. The van der Waals surface area contributed by atoms with E-state index in [1.807, 2.05) is 18.2 Å². The smallest absolute Gasteiger partial charge is 0.120 e. The molecule has 0 atom stereocenters. The molecule has 0 aliphatic carbocycles. The first-order valence-corrected chi connectivity index (χ1v) is 5.90. The Morgan fingerprint density at radius 1 is 1.47 bits per heavy atom. The molecule has 0 radical (unpaired) electrons. The van der Waals surface area contributed by atoms with Gasteiger partial charge in [-0.05, 0) is 31.2 Å². The summed E-state index contributed by atoms with van der Waals surface area (Å²) in [5.74, 6) is 0.861. The van der Waals surface area contributed by atoms with Gasteiger partial charge in [0.2, 0.25) is 0 Å². The minimum atomic E-state index is 0.629. The number of benzene rings is 1. The van der Waals surface area contributed by atoms with Crippen LogP contribution in [0.1, 0.15) is 4.88 Å². The Bertz CT molecular complexity index is 481. The highest BCUT2D eigenvalue weighted by Crippen LogP contribution is 2.37. The fourth-order valence-electron chi connectivity index (χ4n) is 1.52. The lowest BCUT2D eigenvalue weighted by Gasteiger charge is -1.97. The van der Waals surface area contributed by atoms with E-state index in [4.69, 9.17) is 22.1 Å². The van der Waals surface area contributed by atoms with Crippen LogP contribution in [0.3, 0.4) is 0 Å². The number of thiophene rings is 1. The van der Waals surface area contributed by atoms with Crippen molar-refractivity contribution in [3.05, 3.63) is 28.1 Å². The van der Waals surface area contributed by atoms with Gasteiger partial charge in [0, 0.05) is 15.0 Å². The molecular weight excluding hydrogens is 230 g/mol. The number of ether oxygens (including phenoxy) is 1. The van der Waals surface area contributed by atoms with E-state index in [2.05, 4.69) is 0 Å². The Balaban J connectivity index is 2.55. The van der Waals surface area contributed by atoms with Crippen molar-refractivity contribution in [3.8, 4) is 5.75 Å². The zero-order chi connectivity index (χ0) is 10.8. The highest BCUT2D eigenvalue weighted by molar-refractivity contribution is 7.19. The zero-order valence-corrected chi connectivity index (χ0v) is 9.99. The summed E-state index contributed by atoms with van der Waals surface area (Å²) in [6.07, 6.45) is 0.834. The summed E-state index contributed by atoms with van der Waals surface area (Å²) in [5, 5.41) is 1.93. The van der Waals surface area contributed by atoms with Crippen molar-refractivity contribution in [2.24, 2.45) is 5.73 Å². The van der Waals surface area contributed by atoms with Crippen LogP contribution in [0.5, 0.6) is 5.75 Å². The van der Waals surface area contributed by atoms with Crippen LogP contribution in [0.4, 0.5) is 0 Å². The van der Waals surface area contributed by atoms with Gasteiger partial charge in [0.25, 0.3) is 0 Å². The molecule has 0 bridgehead atoms. The largest absolute Gasteiger partial charge is 0.497 e. The van der Waals surface area contributed by atoms with Crippen molar-refractivity contribution in [2.45, 2.75) is 6.42 Å². The van der Waals surface area contributed by atoms with Crippen LogP contribution in [-0.2, 0) is 6.42 Å². The molecule has 2 N–H and O–H groups in total. The molecule has 0 fully saturated rings. The summed E-state index contributed by atoms with van der Waals surface area (Å²) in [5.41, 5.74) is 5.53. The molecule has 1 aromatic heterocycles. The summed E-state index contributed by atoms with van der Waals surface area (Å²) in [4.78, 5) is 1.16. The summed E-state index contributed by atoms with van der Waals surface area (Å²) in [7, 11) is 1.66. The van der Waals surface area contributed by atoms with E-state index >= 15 is 0 Å². The molecule has 15 heavy (non-hydrogen) atoms. The van der Waals surface area contributed by atoms with Crippen LogP contribution in [-0.4, -0.2) is 13.7 Å². The number of hydrogen-bond donors (Lipinski definition) is 1. The van der Waals surface area contributed by atoms with Crippen LogP contribution >= 0.6 is 22.9 Å². The first-order valence-electron chi connectivity index (χ1n) is 4.71. The van der Waals surface area contributed by atoms with Gasteiger partial charge in [-0.15, -0.1) is 11.3 Å². The lowest BCUT2D eigenvalue weighted by Crippen LogP contribution is -2.01. The first-order chi connectivity index (χ1) is 7.26. The SMILES string of the molecule is COc1ccc2c(Cl)c(CCN)sc2c1. The van der Waals surface area contributed by atoms with Gasteiger partial charge in [-0.3, -0.25) is 0 Å². The van der Waals surface area contributed by atoms with Gasteiger partial charge in [-0.25, -0.2) is 0 Å². The van der Waals surface area contributed by atoms with Crippen molar-refractivity contribution in [3.63, 3.8) is 0 Å². The molecule has 2 aromatic rings. The van der Waals surface area contributed by atoms with E-state index in [1.165, 1.54) is 0 Å². The normalized spacial score (nSPS) is 10.9. The van der Waals surface area contributed by atoms with Crippen LogP contribution < -0.4 is 10.5 Å². The monoisotopic (exact) mass is 241 g/mol. The zero-order valence-electron chi connectivity index (χ0n) is 8.42. The maximum absolute atomic E-state index is 6.25. The first kappa shape index (κ1) is 10.7. The predicted octanol–water partition coefficient (Wildman–Crippen LogP) is 3.06. The predicted molar refractivity (Wildman–Crippen MR) is 66.1 cm³/mol. The van der Waals surface area contributed by atoms with Crippen LogP contribution in [0.2, 0.25) is 5.02 Å². The molecule has 0 spiro atoms. The lowest BCUT2D eigenvalue weighted by atomic mass is 10.2. The Morgan fingerprint density at radius 2 is 2.27 bits per heavy atom.